The Labute approximate surface area is 105 Å². The van der Waals surface area contributed by atoms with E-state index in [1.54, 1.807) is 18.6 Å². The molecule has 0 aromatic carbocycles. The minimum Gasteiger partial charge on any atom is -0.268 e. The molecule has 0 spiro atoms. The molecule has 2 aromatic rings. The first-order chi connectivity index (χ1) is 8.84. The summed E-state index contributed by atoms with van der Waals surface area (Å²) in [7, 11) is 0. The van der Waals surface area contributed by atoms with E-state index < -0.39 is 0 Å². The monoisotopic (exact) mass is 242 g/mol. The summed E-state index contributed by atoms with van der Waals surface area (Å²) < 4.78 is 1.44. The SMILES string of the molecule is O=c1cccnn1Cc1ncnc2c1CCCC2. The zero-order valence-electron chi connectivity index (χ0n) is 10.0. The van der Waals surface area contributed by atoms with Crippen molar-refractivity contribution in [2.24, 2.45) is 0 Å². The quantitative estimate of drug-likeness (QED) is 0.787. The fourth-order valence-electron chi connectivity index (χ4n) is 2.37. The predicted octanol–water partition coefficient (Wildman–Crippen LogP) is 0.960. The fraction of sp³-hybridized carbons (Fsp3) is 0.385. The maximum Gasteiger partial charge on any atom is 0.267 e. The summed E-state index contributed by atoms with van der Waals surface area (Å²) in [4.78, 5) is 20.3. The van der Waals surface area contributed by atoms with Crippen LogP contribution in [0, 0.1) is 0 Å². The second kappa shape index (κ2) is 4.68. The molecule has 0 atom stereocenters. The molecule has 18 heavy (non-hydrogen) atoms. The van der Waals surface area contributed by atoms with E-state index in [0.717, 1.165) is 24.2 Å². The van der Waals surface area contributed by atoms with E-state index in [1.165, 1.54) is 29.2 Å². The van der Waals surface area contributed by atoms with Crippen LogP contribution in [0.1, 0.15) is 29.8 Å². The highest BCUT2D eigenvalue weighted by Gasteiger charge is 2.15. The number of nitrogens with zero attached hydrogens (tertiary/aromatic N) is 4. The lowest BCUT2D eigenvalue weighted by Crippen LogP contribution is -2.24. The van der Waals surface area contributed by atoms with E-state index in [4.69, 9.17) is 0 Å². The van der Waals surface area contributed by atoms with Gasteiger partial charge in [-0.1, -0.05) is 0 Å². The average Bonchev–Trinajstić information content (AvgIpc) is 2.42. The van der Waals surface area contributed by atoms with Crippen LogP contribution >= 0.6 is 0 Å². The molecule has 0 fully saturated rings. The summed E-state index contributed by atoms with van der Waals surface area (Å²) >= 11 is 0. The molecule has 0 N–H and O–H groups in total. The van der Waals surface area contributed by atoms with E-state index in [9.17, 15) is 4.79 Å². The first-order valence-corrected chi connectivity index (χ1v) is 6.18. The molecule has 0 aliphatic heterocycles. The molecule has 92 valence electrons. The lowest BCUT2D eigenvalue weighted by atomic mass is 9.95. The molecule has 0 unspecified atom stereocenters. The van der Waals surface area contributed by atoms with Gasteiger partial charge in [0.25, 0.3) is 5.56 Å². The van der Waals surface area contributed by atoms with Crippen LogP contribution in [-0.4, -0.2) is 19.7 Å². The zero-order valence-corrected chi connectivity index (χ0v) is 10.0. The Morgan fingerprint density at radius 1 is 1.22 bits per heavy atom. The summed E-state index contributed by atoms with van der Waals surface area (Å²) in [5.74, 6) is 0. The third kappa shape index (κ3) is 2.03. The summed E-state index contributed by atoms with van der Waals surface area (Å²) in [6, 6.07) is 3.16. The Hall–Kier alpha value is -2.04. The number of aromatic nitrogens is 4. The van der Waals surface area contributed by atoms with Crippen molar-refractivity contribution in [3.8, 4) is 0 Å². The van der Waals surface area contributed by atoms with Crippen molar-refractivity contribution in [2.75, 3.05) is 0 Å². The molecule has 0 radical (unpaired) electrons. The van der Waals surface area contributed by atoms with Crippen LogP contribution in [0.3, 0.4) is 0 Å². The number of fused-ring (bicyclic) bond motifs is 1. The van der Waals surface area contributed by atoms with Gasteiger partial charge in [0, 0.05) is 18.0 Å². The number of hydrogen-bond donors (Lipinski definition) is 0. The van der Waals surface area contributed by atoms with Gasteiger partial charge in [0.15, 0.2) is 0 Å². The Morgan fingerprint density at radius 2 is 2.11 bits per heavy atom. The van der Waals surface area contributed by atoms with Crippen molar-refractivity contribution in [2.45, 2.75) is 32.2 Å². The maximum atomic E-state index is 11.6. The van der Waals surface area contributed by atoms with E-state index in [-0.39, 0.29) is 5.56 Å². The summed E-state index contributed by atoms with van der Waals surface area (Å²) in [6.45, 7) is 0.435. The highest BCUT2D eigenvalue weighted by atomic mass is 16.1. The number of rotatable bonds is 2. The Morgan fingerprint density at radius 3 is 3.00 bits per heavy atom. The zero-order chi connectivity index (χ0) is 12.4. The van der Waals surface area contributed by atoms with E-state index >= 15 is 0 Å². The van der Waals surface area contributed by atoms with Crippen molar-refractivity contribution in [3.63, 3.8) is 0 Å². The van der Waals surface area contributed by atoms with Crippen LogP contribution in [0.25, 0.3) is 0 Å². The summed E-state index contributed by atoms with van der Waals surface area (Å²) in [6.07, 6.45) is 7.59. The van der Waals surface area contributed by atoms with Crippen LogP contribution in [-0.2, 0) is 19.4 Å². The molecule has 1 aliphatic rings. The molecule has 0 amide bonds. The van der Waals surface area contributed by atoms with Crippen LogP contribution < -0.4 is 5.56 Å². The second-order valence-corrected chi connectivity index (χ2v) is 4.47. The molecule has 2 heterocycles. The van der Waals surface area contributed by atoms with Crippen molar-refractivity contribution in [3.05, 3.63) is 52.0 Å². The third-order valence-corrected chi connectivity index (χ3v) is 3.30. The summed E-state index contributed by atoms with van der Waals surface area (Å²) in [5.41, 5.74) is 3.18. The first-order valence-electron chi connectivity index (χ1n) is 6.18. The maximum absolute atomic E-state index is 11.6. The van der Waals surface area contributed by atoms with Gasteiger partial charge in [0.05, 0.1) is 12.2 Å². The minimum absolute atomic E-state index is 0.0966. The van der Waals surface area contributed by atoms with Crippen molar-refractivity contribution in [1.82, 2.24) is 19.7 Å². The molecular weight excluding hydrogens is 228 g/mol. The number of aryl methyl sites for hydroxylation is 1. The average molecular weight is 242 g/mol. The topological polar surface area (TPSA) is 60.7 Å². The second-order valence-electron chi connectivity index (χ2n) is 4.47. The molecule has 5 heteroatoms. The molecule has 2 aromatic heterocycles. The van der Waals surface area contributed by atoms with Crippen molar-refractivity contribution >= 4 is 0 Å². The highest BCUT2D eigenvalue weighted by molar-refractivity contribution is 5.27. The van der Waals surface area contributed by atoms with Gasteiger partial charge in [-0.25, -0.2) is 14.6 Å². The van der Waals surface area contributed by atoms with Gasteiger partial charge in [0.1, 0.15) is 6.33 Å². The lowest BCUT2D eigenvalue weighted by Gasteiger charge is -2.17. The van der Waals surface area contributed by atoms with Crippen LogP contribution in [0.15, 0.2) is 29.5 Å². The molecule has 0 saturated heterocycles. The standard InChI is InChI=1S/C13H14N4O/c18-13-6-3-7-16-17(13)8-12-10-4-1-2-5-11(10)14-9-15-12/h3,6-7,9H,1-2,4-5,8H2. The van der Waals surface area contributed by atoms with Gasteiger partial charge in [-0.15, -0.1) is 0 Å². The highest BCUT2D eigenvalue weighted by Crippen LogP contribution is 2.21. The van der Waals surface area contributed by atoms with Gasteiger partial charge in [0.2, 0.25) is 0 Å². The summed E-state index contributed by atoms with van der Waals surface area (Å²) in [5, 5.41) is 4.07. The van der Waals surface area contributed by atoms with Crippen molar-refractivity contribution in [1.29, 1.82) is 0 Å². The fourth-order valence-corrected chi connectivity index (χ4v) is 2.37. The van der Waals surface area contributed by atoms with Gasteiger partial charge in [-0.05, 0) is 37.3 Å². The van der Waals surface area contributed by atoms with Crippen molar-refractivity contribution < 1.29 is 0 Å². The molecule has 3 rings (SSSR count). The Kier molecular flexibility index (Phi) is 2.88. The van der Waals surface area contributed by atoms with Crippen LogP contribution in [0.4, 0.5) is 0 Å². The Balaban J connectivity index is 1.98. The van der Waals surface area contributed by atoms with Gasteiger partial charge in [-0.3, -0.25) is 4.79 Å². The molecular formula is C13H14N4O. The van der Waals surface area contributed by atoms with Gasteiger partial charge in [-0.2, -0.15) is 5.10 Å². The number of hydrogen-bond acceptors (Lipinski definition) is 4. The van der Waals surface area contributed by atoms with E-state index in [0.29, 0.717) is 6.54 Å². The first kappa shape index (κ1) is 11.1. The molecule has 0 saturated carbocycles. The molecule has 1 aliphatic carbocycles. The lowest BCUT2D eigenvalue weighted by molar-refractivity contribution is 0.598. The smallest absolute Gasteiger partial charge is 0.267 e. The van der Waals surface area contributed by atoms with E-state index in [2.05, 4.69) is 15.1 Å². The predicted molar refractivity (Wildman–Crippen MR) is 66.3 cm³/mol. The molecule has 0 bridgehead atoms. The minimum atomic E-state index is -0.0966. The van der Waals surface area contributed by atoms with Gasteiger partial charge < -0.3 is 0 Å². The Bertz CT molecular complexity index is 620. The van der Waals surface area contributed by atoms with E-state index in [1.807, 2.05) is 0 Å². The third-order valence-electron chi connectivity index (χ3n) is 3.30. The van der Waals surface area contributed by atoms with Gasteiger partial charge >= 0.3 is 0 Å². The van der Waals surface area contributed by atoms with Crippen LogP contribution in [0.5, 0.6) is 0 Å². The largest absolute Gasteiger partial charge is 0.268 e. The van der Waals surface area contributed by atoms with Crippen LogP contribution in [0.2, 0.25) is 0 Å². The normalized spacial score (nSPS) is 14.2. The molecule has 5 nitrogen and oxygen atoms in total.